The van der Waals surface area contributed by atoms with Gasteiger partial charge in [0.05, 0.1) is 12.9 Å². The highest BCUT2D eigenvalue weighted by atomic mass is 32.2. The van der Waals surface area contributed by atoms with Gasteiger partial charge in [-0.05, 0) is 48.9 Å². The van der Waals surface area contributed by atoms with Crippen molar-refractivity contribution in [2.45, 2.75) is 13.5 Å². The van der Waals surface area contributed by atoms with Gasteiger partial charge in [-0.2, -0.15) is 4.31 Å². The molecule has 1 fully saturated rings. The highest BCUT2D eigenvalue weighted by Crippen LogP contribution is 2.17. The van der Waals surface area contributed by atoms with Crippen molar-refractivity contribution in [3.05, 3.63) is 59.7 Å². The van der Waals surface area contributed by atoms with E-state index >= 15 is 0 Å². The number of nitrogens with zero attached hydrogens (tertiary/aromatic N) is 2. The quantitative estimate of drug-likeness (QED) is 0.749. The standard InChI is InChI=1S/C21H27N3O4S/c1-3-29(26,27)24-13-11-23(12-14-24)16-17-5-4-6-18(15-17)21(25)22-19-7-9-20(28-2)10-8-19/h4-10,15H,3,11-14,16H2,1-2H3,(H,22,25). The number of hydrogen-bond donors (Lipinski definition) is 1. The third-order valence-corrected chi connectivity index (χ3v) is 6.91. The number of hydrogen-bond acceptors (Lipinski definition) is 5. The molecule has 0 bridgehead atoms. The van der Waals surface area contributed by atoms with E-state index < -0.39 is 10.0 Å². The molecule has 0 aliphatic carbocycles. The summed E-state index contributed by atoms with van der Waals surface area (Å²) in [6.07, 6.45) is 0. The van der Waals surface area contributed by atoms with Crippen LogP contribution in [-0.4, -0.2) is 62.6 Å². The smallest absolute Gasteiger partial charge is 0.255 e. The lowest BCUT2D eigenvalue weighted by Crippen LogP contribution is -2.48. The largest absolute Gasteiger partial charge is 0.497 e. The number of carbonyl (C=O) groups excluding carboxylic acids is 1. The molecule has 1 aliphatic rings. The van der Waals surface area contributed by atoms with Gasteiger partial charge in [0, 0.05) is 44.0 Å². The highest BCUT2D eigenvalue weighted by molar-refractivity contribution is 7.89. The Balaban J connectivity index is 1.58. The maximum absolute atomic E-state index is 12.6. The maximum atomic E-state index is 12.6. The van der Waals surface area contributed by atoms with E-state index in [0.717, 1.165) is 11.3 Å². The van der Waals surface area contributed by atoms with Crippen molar-refractivity contribution >= 4 is 21.6 Å². The number of nitrogens with one attached hydrogen (secondary N) is 1. The number of carbonyl (C=O) groups is 1. The Hall–Kier alpha value is -2.42. The summed E-state index contributed by atoms with van der Waals surface area (Å²) in [5.41, 5.74) is 2.32. The van der Waals surface area contributed by atoms with Gasteiger partial charge in [0.2, 0.25) is 10.0 Å². The molecule has 3 rings (SSSR count). The van der Waals surface area contributed by atoms with Gasteiger partial charge in [-0.15, -0.1) is 0 Å². The summed E-state index contributed by atoms with van der Waals surface area (Å²) in [7, 11) is -1.52. The molecule has 1 aliphatic heterocycles. The van der Waals surface area contributed by atoms with Crippen molar-refractivity contribution in [1.82, 2.24) is 9.21 Å². The van der Waals surface area contributed by atoms with E-state index in [9.17, 15) is 13.2 Å². The number of anilines is 1. The number of rotatable bonds is 7. The highest BCUT2D eigenvalue weighted by Gasteiger charge is 2.25. The molecular formula is C21H27N3O4S. The van der Waals surface area contributed by atoms with Crippen molar-refractivity contribution in [1.29, 1.82) is 0 Å². The average molecular weight is 418 g/mol. The Bertz CT molecular complexity index is 937. The predicted octanol–water partition coefficient (Wildman–Crippen LogP) is 2.41. The van der Waals surface area contributed by atoms with Crippen LogP contribution in [-0.2, 0) is 16.6 Å². The summed E-state index contributed by atoms with van der Waals surface area (Å²) in [6.45, 7) is 4.73. The van der Waals surface area contributed by atoms with Gasteiger partial charge in [-0.3, -0.25) is 9.69 Å². The van der Waals surface area contributed by atoms with E-state index in [1.54, 1.807) is 48.7 Å². The van der Waals surface area contributed by atoms with Gasteiger partial charge in [0.1, 0.15) is 5.75 Å². The van der Waals surface area contributed by atoms with Crippen molar-refractivity contribution in [3.63, 3.8) is 0 Å². The zero-order chi connectivity index (χ0) is 20.9. The lowest BCUT2D eigenvalue weighted by molar-refractivity contribution is 0.102. The van der Waals surface area contributed by atoms with Gasteiger partial charge < -0.3 is 10.1 Å². The third kappa shape index (κ3) is 5.56. The Labute approximate surface area is 172 Å². The van der Waals surface area contributed by atoms with Crippen LogP contribution < -0.4 is 10.1 Å². The fourth-order valence-corrected chi connectivity index (χ4v) is 4.38. The SMILES string of the molecule is CCS(=O)(=O)N1CCN(Cc2cccc(C(=O)Nc3ccc(OC)cc3)c2)CC1. The van der Waals surface area contributed by atoms with Crippen LogP contribution in [0.4, 0.5) is 5.69 Å². The average Bonchev–Trinajstić information content (AvgIpc) is 2.75. The topological polar surface area (TPSA) is 79.0 Å². The van der Waals surface area contributed by atoms with Crippen LogP contribution >= 0.6 is 0 Å². The Morgan fingerprint density at radius 1 is 1.07 bits per heavy atom. The molecule has 0 aromatic heterocycles. The van der Waals surface area contributed by atoms with Crippen LogP contribution in [0.3, 0.4) is 0 Å². The van der Waals surface area contributed by atoms with E-state index in [4.69, 9.17) is 4.74 Å². The molecule has 0 spiro atoms. The summed E-state index contributed by atoms with van der Waals surface area (Å²) >= 11 is 0. The van der Waals surface area contributed by atoms with E-state index in [0.29, 0.717) is 44.0 Å². The van der Waals surface area contributed by atoms with Gasteiger partial charge in [0.15, 0.2) is 0 Å². The normalized spacial score (nSPS) is 15.8. The molecule has 0 unspecified atom stereocenters. The molecule has 1 amide bonds. The Morgan fingerprint density at radius 3 is 2.38 bits per heavy atom. The first-order valence-corrected chi connectivity index (χ1v) is 11.3. The molecule has 0 atom stereocenters. The van der Waals surface area contributed by atoms with E-state index in [1.807, 2.05) is 18.2 Å². The summed E-state index contributed by atoms with van der Waals surface area (Å²) in [5, 5.41) is 2.89. The van der Waals surface area contributed by atoms with Crippen molar-refractivity contribution in [2.24, 2.45) is 0 Å². The van der Waals surface area contributed by atoms with Crippen LogP contribution in [0.5, 0.6) is 5.75 Å². The van der Waals surface area contributed by atoms with E-state index in [-0.39, 0.29) is 11.7 Å². The van der Waals surface area contributed by atoms with Crippen LogP contribution in [0.25, 0.3) is 0 Å². The zero-order valence-corrected chi connectivity index (χ0v) is 17.6. The third-order valence-electron chi connectivity index (χ3n) is 5.03. The zero-order valence-electron chi connectivity index (χ0n) is 16.8. The number of benzene rings is 2. The number of amides is 1. The first-order chi connectivity index (χ1) is 13.9. The summed E-state index contributed by atoms with van der Waals surface area (Å²) in [6, 6.07) is 14.7. The predicted molar refractivity (Wildman–Crippen MR) is 114 cm³/mol. The summed E-state index contributed by atoms with van der Waals surface area (Å²) in [4.78, 5) is 14.8. The molecule has 29 heavy (non-hydrogen) atoms. The minimum atomic E-state index is -3.12. The first-order valence-electron chi connectivity index (χ1n) is 9.66. The minimum Gasteiger partial charge on any atom is -0.497 e. The molecule has 7 nitrogen and oxygen atoms in total. The van der Waals surface area contributed by atoms with Gasteiger partial charge in [-0.1, -0.05) is 12.1 Å². The van der Waals surface area contributed by atoms with Gasteiger partial charge in [-0.25, -0.2) is 8.42 Å². The Morgan fingerprint density at radius 2 is 1.76 bits per heavy atom. The van der Waals surface area contributed by atoms with Crippen LogP contribution in [0.1, 0.15) is 22.8 Å². The molecule has 0 radical (unpaired) electrons. The molecular weight excluding hydrogens is 390 g/mol. The fourth-order valence-electron chi connectivity index (χ4n) is 3.30. The van der Waals surface area contributed by atoms with E-state index in [2.05, 4.69) is 10.2 Å². The first kappa shape index (κ1) is 21.3. The lowest BCUT2D eigenvalue weighted by Gasteiger charge is -2.33. The molecule has 156 valence electrons. The van der Waals surface area contributed by atoms with Gasteiger partial charge in [0.25, 0.3) is 5.91 Å². The molecule has 1 saturated heterocycles. The van der Waals surface area contributed by atoms with Gasteiger partial charge >= 0.3 is 0 Å². The number of sulfonamides is 1. The van der Waals surface area contributed by atoms with Crippen LogP contribution in [0.15, 0.2) is 48.5 Å². The van der Waals surface area contributed by atoms with Crippen molar-refractivity contribution in [2.75, 3.05) is 44.4 Å². The molecule has 1 heterocycles. The van der Waals surface area contributed by atoms with Crippen molar-refractivity contribution in [3.8, 4) is 5.75 Å². The van der Waals surface area contributed by atoms with E-state index in [1.165, 1.54) is 0 Å². The maximum Gasteiger partial charge on any atom is 0.255 e. The monoisotopic (exact) mass is 417 g/mol. The van der Waals surface area contributed by atoms with Crippen molar-refractivity contribution < 1.29 is 17.9 Å². The Kier molecular flexibility index (Phi) is 6.89. The number of methoxy groups -OCH3 is 1. The summed E-state index contributed by atoms with van der Waals surface area (Å²) < 4.78 is 30.6. The second-order valence-corrected chi connectivity index (χ2v) is 9.22. The molecule has 0 saturated carbocycles. The number of ether oxygens (including phenoxy) is 1. The molecule has 8 heteroatoms. The molecule has 1 N–H and O–H groups in total. The van der Waals surface area contributed by atoms with Crippen LogP contribution in [0.2, 0.25) is 0 Å². The molecule has 2 aromatic carbocycles. The lowest BCUT2D eigenvalue weighted by atomic mass is 10.1. The number of piperazine rings is 1. The second kappa shape index (κ2) is 9.39. The summed E-state index contributed by atoms with van der Waals surface area (Å²) in [5.74, 6) is 0.700. The second-order valence-electron chi connectivity index (χ2n) is 6.96. The van der Waals surface area contributed by atoms with Crippen LogP contribution in [0, 0.1) is 0 Å². The minimum absolute atomic E-state index is 0.137. The molecule has 2 aromatic rings. The fraction of sp³-hybridized carbons (Fsp3) is 0.381.